The van der Waals surface area contributed by atoms with Gasteiger partial charge in [-0.25, -0.2) is 12.8 Å². The predicted molar refractivity (Wildman–Crippen MR) is 113 cm³/mol. The van der Waals surface area contributed by atoms with Crippen LogP contribution in [0.15, 0.2) is 47.4 Å². The number of hydrogen-bond acceptors (Lipinski definition) is 4. The molecule has 2 heterocycles. The molecule has 1 aromatic heterocycles. The predicted octanol–water partition coefficient (Wildman–Crippen LogP) is 4.49. The van der Waals surface area contributed by atoms with Crippen LogP contribution in [0.4, 0.5) is 4.39 Å². The molecule has 10 heteroatoms. The minimum absolute atomic E-state index is 0.0586. The van der Waals surface area contributed by atoms with Gasteiger partial charge < -0.3 is 4.90 Å². The van der Waals surface area contributed by atoms with E-state index in [2.05, 4.69) is 0 Å². The molecule has 4 rings (SSSR count). The Kier molecular flexibility index (Phi) is 5.56. The van der Waals surface area contributed by atoms with E-state index >= 15 is 0 Å². The first-order chi connectivity index (χ1) is 13.8. The van der Waals surface area contributed by atoms with E-state index in [4.69, 9.17) is 23.2 Å². The molecular weight excluding hydrogens is 458 g/mol. The summed E-state index contributed by atoms with van der Waals surface area (Å²) in [7, 11) is -3.88. The van der Waals surface area contributed by atoms with Crippen molar-refractivity contribution in [2.24, 2.45) is 0 Å². The third kappa shape index (κ3) is 3.75. The van der Waals surface area contributed by atoms with Gasteiger partial charge in [0.1, 0.15) is 10.7 Å². The first kappa shape index (κ1) is 20.6. The third-order valence-electron chi connectivity index (χ3n) is 4.76. The third-order valence-corrected chi connectivity index (χ3v) is 8.70. The van der Waals surface area contributed by atoms with Crippen molar-refractivity contribution in [3.8, 4) is 0 Å². The molecule has 1 aliphatic rings. The van der Waals surface area contributed by atoms with Crippen molar-refractivity contribution in [2.45, 2.75) is 4.90 Å². The maximum atomic E-state index is 13.9. The van der Waals surface area contributed by atoms with Gasteiger partial charge in [-0.2, -0.15) is 4.31 Å². The summed E-state index contributed by atoms with van der Waals surface area (Å²) in [5.74, 6) is -0.608. The highest BCUT2D eigenvalue weighted by Gasteiger charge is 2.33. The van der Waals surface area contributed by atoms with Crippen molar-refractivity contribution in [1.82, 2.24) is 9.21 Å². The van der Waals surface area contributed by atoms with E-state index in [1.165, 1.54) is 33.8 Å². The SMILES string of the molecule is O=C(c1cc2c(F)cccc2s1)N1CCN(S(=O)(=O)c2c(Cl)cccc2Cl)CC1. The normalized spacial score (nSPS) is 15.8. The Hall–Kier alpha value is -1.71. The molecule has 0 N–H and O–H groups in total. The second-order valence-electron chi connectivity index (χ2n) is 6.51. The lowest BCUT2D eigenvalue weighted by atomic mass is 10.2. The van der Waals surface area contributed by atoms with Crippen LogP contribution < -0.4 is 0 Å². The Bertz CT molecular complexity index is 1190. The Labute approximate surface area is 181 Å². The van der Waals surface area contributed by atoms with Gasteiger partial charge >= 0.3 is 0 Å². The molecule has 1 amide bonds. The van der Waals surface area contributed by atoms with Crippen molar-refractivity contribution in [2.75, 3.05) is 26.2 Å². The van der Waals surface area contributed by atoms with Gasteiger partial charge in [0.25, 0.3) is 5.91 Å². The molecule has 29 heavy (non-hydrogen) atoms. The highest BCUT2D eigenvalue weighted by Crippen LogP contribution is 2.32. The van der Waals surface area contributed by atoms with Gasteiger partial charge in [-0.3, -0.25) is 4.79 Å². The molecule has 1 aliphatic heterocycles. The van der Waals surface area contributed by atoms with Crippen LogP contribution >= 0.6 is 34.5 Å². The van der Waals surface area contributed by atoms with Gasteiger partial charge in [-0.1, -0.05) is 35.3 Å². The molecule has 1 saturated heterocycles. The zero-order valence-electron chi connectivity index (χ0n) is 14.9. The van der Waals surface area contributed by atoms with Gasteiger partial charge in [0.2, 0.25) is 10.0 Å². The standard InChI is InChI=1S/C19H15Cl2FN2O3S2/c20-13-3-1-4-14(21)18(13)29(26,27)24-9-7-23(8-10-24)19(25)17-11-12-15(22)5-2-6-16(12)28-17/h1-6,11H,7-10H2. The number of piperazine rings is 1. The largest absolute Gasteiger partial charge is 0.335 e. The number of thiophene rings is 1. The van der Waals surface area contributed by atoms with Crippen molar-refractivity contribution in [3.05, 3.63) is 63.2 Å². The molecule has 0 atom stereocenters. The lowest BCUT2D eigenvalue weighted by Gasteiger charge is -2.34. The first-order valence-electron chi connectivity index (χ1n) is 8.70. The highest BCUT2D eigenvalue weighted by atomic mass is 35.5. The van der Waals surface area contributed by atoms with Crippen molar-refractivity contribution in [3.63, 3.8) is 0 Å². The lowest BCUT2D eigenvalue weighted by Crippen LogP contribution is -2.50. The van der Waals surface area contributed by atoms with Crippen LogP contribution in [0, 0.1) is 5.82 Å². The number of benzene rings is 2. The van der Waals surface area contributed by atoms with E-state index < -0.39 is 10.0 Å². The molecule has 0 saturated carbocycles. The number of carbonyl (C=O) groups is 1. The zero-order valence-corrected chi connectivity index (χ0v) is 18.1. The van der Waals surface area contributed by atoms with Crippen LogP contribution in [0.5, 0.6) is 0 Å². The van der Waals surface area contributed by atoms with Crippen LogP contribution in [0.2, 0.25) is 10.0 Å². The van der Waals surface area contributed by atoms with Gasteiger partial charge in [0.05, 0.1) is 14.9 Å². The molecule has 0 aliphatic carbocycles. The number of rotatable bonds is 3. The average molecular weight is 473 g/mol. The summed E-state index contributed by atoms with van der Waals surface area (Å²) in [4.78, 5) is 14.7. The Morgan fingerprint density at radius 3 is 2.24 bits per heavy atom. The molecule has 3 aromatic rings. The van der Waals surface area contributed by atoms with E-state index in [1.807, 2.05) is 0 Å². The van der Waals surface area contributed by atoms with E-state index in [0.29, 0.717) is 15.0 Å². The van der Waals surface area contributed by atoms with Crippen LogP contribution in [0.3, 0.4) is 0 Å². The second-order valence-corrected chi connectivity index (χ2v) is 10.3. The van der Waals surface area contributed by atoms with Crippen molar-refractivity contribution < 1.29 is 17.6 Å². The number of carbonyl (C=O) groups excluding carboxylic acids is 1. The molecule has 5 nitrogen and oxygen atoms in total. The Morgan fingerprint density at radius 2 is 1.62 bits per heavy atom. The maximum absolute atomic E-state index is 13.9. The summed E-state index contributed by atoms with van der Waals surface area (Å²) >= 11 is 13.3. The van der Waals surface area contributed by atoms with Crippen LogP contribution in [0.25, 0.3) is 10.1 Å². The van der Waals surface area contributed by atoms with Gasteiger partial charge in [0.15, 0.2) is 0 Å². The molecule has 0 spiro atoms. The molecular formula is C19H15Cl2FN2O3S2. The number of amides is 1. The smallest absolute Gasteiger partial charge is 0.264 e. The van der Waals surface area contributed by atoms with Crippen LogP contribution in [-0.4, -0.2) is 49.7 Å². The zero-order chi connectivity index (χ0) is 20.8. The summed E-state index contributed by atoms with van der Waals surface area (Å²) in [5.41, 5.74) is 0. The van der Waals surface area contributed by atoms with E-state index in [1.54, 1.807) is 29.2 Å². The molecule has 0 unspecified atom stereocenters. The van der Waals surface area contributed by atoms with Crippen LogP contribution in [-0.2, 0) is 10.0 Å². The monoisotopic (exact) mass is 472 g/mol. The van der Waals surface area contributed by atoms with Gasteiger partial charge in [-0.15, -0.1) is 11.3 Å². The fourth-order valence-corrected chi connectivity index (χ4v) is 6.83. The lowest BCUT2D eigenvalue weighted by molar-refractivity contribution is 0.0703. The number of fused-ring (bicyclic) bond motifs is 1. The average Bonchev–Trinajstić information content (AvgIpc) is 3.13. The summed E-state index contributed by atoms with van der Waals surface area (Å²) in [6.07, 6.45) is 0. The molecule has 152 valence electrons. The van der Waals surface area contributed by atoms with Crippen LogP contribution in [0.1, 0.15) is 9.67 Å². The fraction of sp³-hybridized carbons (Fsp3) is 0.211. The first-order valence-corrected chi connectivity index (χ1v) is 11.7. The number of nitrogens with zero attached hydrogens (tertiary/aromatic N) is 2. The van der Waals surface area contributed by atoms with Crippen molar-refractivity contribution in [1.29, 1.82) is 0 Å². The summed E-state index contributed by atoms with van der Waals surface area (Å²) in [6, 6.07) is 10.8. The minimum atomic E-state index is -3.88. The van der Waals surface area contributed by atoms with E-state index in [9.17, 15) is 17.6 Å². The van der Waals surface area contributed by atoms with Gasteiger partial charge in [0, 0.05) is 36.3 Å². The maximum Gasteiger partial charge on any atom is 0.264 e. The Morgan fingerprint density at radius 1 is 1.00 bits per heavy atom. The molecule has 0 radical (unpaired) electrons. The van der Waals surface area contributed by atoms with Gasteiger partial charge in [-0.05, 0) is 30.3 Å². The number of halogens is 3. The Balaban J connectivity index is 1.51. The number of hydrogen-bond donors (Lipinski definition) is 0. The molecule has 2 aromatic carbocycles. The van der Waals surface area contributed by atoms with E-state index in [-0.39, 0.29) is 52.8 Å². The fourth-order valence-electron chi connectivity index (χ4n) is 3.28. The second kappa shape index (κ2) is 7.85. The van der Waals surface area contributed by atoms with E-state index in [0.717, 1.165) is 0 Å². The topological polar surface area (TPSA) is 57.7 Å². The van der Waals surface area contributed by atoms with Crippen molar-refractivity contribution >= 4 is 60.6 Å². The highest BCUT2D eigenvalue weighted by molar-refractivity contribution is 7.89. The molecule has 0 bridgehead atoms. The summed E-state index contributed by atoms with van der Waals surface area (Å²) in [6.45, 7) is 0.678. The minimum Gasteiger partial charge on any atom is -0.335 e. The summed E-state index contributed by atoms with van der Waals surface area (Å²) < 4.78 is 41.8. The quantitative estimate of drug-likeness (QED) is 0.563. The number of sulfonamides is 1. The molecule has 1 fully saturated rings. The summed E-state index contributed by atoms with van der Waals surface area (Å²) in [5, 5.41) is 0.530.